The molecule has 0 spiro atoms. The normalized spacial score (nSPS) is 10.5. The van der Waals surface area contributed by atoms with Crippen molar-refractivity contribution >= 4 is 23.4 Å². The van der Waals surface area contributed by atoms with Gasteiger partial charge in [-0.2, -0.15) is 0 Å². The summed E-state index contributed by atoms with van der Waals surface area (Å²) in [6.07, 6.45) is 7.37. The van der Waals surface area contributed by atoms with Crippen molar-refractivity contribution in [2.75, 3.05) is 18.2 Å². The Bertz CT molecular complexity index is 879. The maximum Gasteiger partial charge on any atom is 0.256 e. The molecule has 0 radical (unpaired) electrons. The Morgan fingerprint density at radius 3 is 2.88 bits per heavy atom. The van der Waals surface area contributed by atoms with E-state index in [2.05, 4.69) is 10.3 Å². The minimum atomic E-state index is -0.135. The lowest BCUT2D eigenvalue weighted by Crippen LogP contribution is -2.15. The van der Waals surface area contributed by atoms with Crippen LogP contribution < -0.4 is 10.1 Å². The molecular weight excluding hydrogens is 346 g/mol. The highest BCUT2D eigenvalue weighted by atomic mass is 32.2. The molecule has 1 heterocycles. The topological polar surface area (TPSA) is 56.1 Å². The summed E-state index contributed by atoms with van der Waals surface area (Å²) < 4.78 is 7.80. The first-order chi connectivity index (χ1) is 12.7. The molecule has 0 unspecified atom stereocenters. The summed E-state index contributed by atoms with van der Waals surface area (Å²) in [5.74, 6) is 0.517. The average molecular weight is 367 g/mol. The van der Waals surface area contributed by atoms with Crippen molar-refractivity contribution in [3.8, 4) is 5.75 Å². The lowest BCUT2D eigenvalue weighted by molar-refractivity contribution is 0.102. The summed E-state index contributed by atoms with van der Waals surface area (Å²) in [5.41, 5.74) is 2.28. The van der Waals surface area contributed by atoms with Crippen molar-refractivity contribution in [2.24, 2.45) is 0 Å². The molecule has 5 nitrogen and oxygen atoms in total. The van der Waals surface area contributed by atoms with Gasteiger partial charge < -0.3 is 14.6 Å². The second-order valence-corrected chi connectivity index (χ2v) is 6.66. The third-order valence-electron chi connectivity index (χ3n) is 3.99. The Morgan fingerprint density at radius 1 is 1.27 bits per heavy atom. The van der Waals surface area contributed by atoms with Crippen LogP contribution >= 0.6 is 11.8 Å². The zero-order valence-electron chi connectivity index (χ0n) is 14.8. The van der Waals surface area contributed by atoms with E-state index in [4.69, 9.17) is 4.74 Å². The first-order valence-electron chi connectivity index (χ1n) is 8.31. The van der Waals surface area contributed by atoms with Crippen molar-refractivity contribution in [1.29, 1.82) is 0 Å². The predicted molar refractivity (Wildman–Crippen MR) is 105 cm³/mol. The Hall–Kier alpha value is -2.73. The number of thioether (sulfide) groups is 1. The zero-order valence-corrected chi connectivity index (χ0v) is 15.6. The number of carbonyl (C=O) groups excluding carboxylic acids is 1. The zero-order chi connectivity index (χ0) is 18.4. The van der Waals surface area contributed by atoms with Gasteiger partial charge in [0.05, 0.1) is 18.6 Å². The monoisotopic (exact) mass is 367 g/mol. The minimum Gasteiger partial charge on any atom is -0.490 e. The molecule has 134 valence electrons. The van der Waals surface area contributed by atoms with Crippen molar-refractivity contribution in [2.45, 2.75) is 18.4 Å². The van der Waals surface area contributed by atoms with Gasteiger partial charge in [0.25, 0.3) is 5.91 Å². The number of anilines is 1. The van der Waals surface area contributed by atoms with Gasteiger partial charge in [0.1, 0.15) is 12.4 Å². The number of ether oxygens (including phenoxy) is 1. The molecule has 1 amide bonds. The van der Waals surface area contributed by atoms with E-state index in [0.717, 1.165) is 10.5 Å². The van der Waals surface area contributed by atoms with E-state index in [1.807, 2.05) is 66.4 Å². The number of nitrogens with zero attached hydrogens (tertiary/aromatic N) is 2. The molecule has 26 heavy (non-hydrogen) atoms. The maximum absolute atomic E-state index is 12.7. The summed E-state index contributed by atoms with van der Waals surface area (Å²) >= 11 is 1.62. The highest BCUT2D eigenvalue weighted by molar-refractivity contribution is 7.98. The van der Waals surface area contributed by atoms with E-state index in [1.165, 1.54) is 0 Å². The van der Waals surface area contributed by atoms with Gasteiger partial charge in [0.2, 0.25) is 0 Å². The van der Waals surface area contributed by atoms with Crippen LogP contribution in [0.1, 0.15) is 15.9 Å². The van der Waals surface area contributed by atoms with Crippen LogP contribution in [-0.2, 0) is 6.54 Å². The molecule has 0 saturated carbocycles. The second kappa shape index (κ2) is 8.58. The largest absolute Gasteiger partial charge is 0.490 e. The summed E-state index contributed by atoms with van der Waals surface area (Å²) in [4.78, 5) is 17.8. The summed E-state index contributed by atoms with van der Waals surface area (Å²) in [6, 6.07) is 13.4. The van der Waals surface area contributed by atoms with Gasteiger partial charge in [0, 0.05) is 22.9 Å². The van der Waals surface area contributed by atoms with Crippen molar-refractivity contribution in [1.82, 2.24) is 9.55 Å². The van der Waals surface area contributed by atoms with E-state index in [0.29, 0.717) is 30.2 Å². The number of aryl methyl sites for hydroxylation is 1. The number of nitrogens with one attached hydrogen (secondary N) is 1. The van der Waals surface area contributed by atoms with E-state index >= 15 is 0 Å². The number of hydrogen-bond donors (Lipinski definition) is 1. The Labute approximate surface area is 157 Å². The van der Waals surface area contributed by atoms with Gasteiger partial charge in [-0.3, -0.25) is 4.79 Å². The molecule has 3 aromatic rings. The average Bonchev–Trinajstić information content (AvgIpc) is 3.17. The number of aromatic nitrogens is 2. The van der Waals surface area contributed by atoms with Crippen molar-refractivity contribution in [3.63, 3.8) is 0 Å². The maximum atomic E-state index is 12.7. The Kier molecular flexibility index (Phi) is 5.96. The van der Waals surface area contributed by atoms with Gasteiger partial charge in [-0.15, -0.1) is 11.8 Å². The van der Waals surface area contributed by atoms with E-state index in [-0.39, 0.29) is 5.91 Å². The molecular formula is C20H21N3O2S. The predicted octanol–water partition coefficient (Wildman–Crippen LogP) is 4.24. The fraction of sp³-hybridized carbons (Fsp3) is 0.200. The first-order valence-corrected chi connectivity index (χ1v) is 9.53. The fourth-order valence-electron chi connectivity index (χ4n) is 2.54. The molecule has 0 fully saturated rings. The lowest BCUT2D eigenvalue weighted by atomic mass is 10.1. The third kappa shape index (κ3) is 4.46. The first kappa shape index (κ1) is 18.1. The molecule has 0 aliphatic carbocycles. The molecule has 0 bridgehead atoms. The van der Waals surface area contributed by atoms with Crippen LogP contribution in [0.2, 0.25) is 0 Å². The van der Waals surface area contributed by atoms with Crippen LogP contribution in [0, 0.1) is 6.92 Å². The number of benzene rings is 2. The summed E-state index contributed by atoms with van der Waals surface area (Å²) in [7, 11) is 0. The van der Waals surface area contributed by atoms with Crippen molar-refractivity contribution in [3.05, 3.63) is 72.3 Å². The number of rotatable bonds is 7. The fourth-order valence-corrected chi connectivity index (χ4v) is 2.98. The smallest absolute Gasteiger partial charge is 0.256 e. The number of para-hydroxylation sites is 2. The van der Waals surface area contributed by atoms with E-state index in [1.54, 1.807) is 24.3 Å². The number of amides is 1. The quantitative estimate of drug-likeness (QED) is 0.635. The minimum absolute atomic E-state index is 0.135. The van der Waals surface area contributed by atoms with Gasteiger partial charge in [-0.1, -0.05) is 18.2 Å². The summed E-state index contributed by atoms with van der Waals surface area (Å²) in [5, 5.41) is 2.97. The SMILES string of the molecule is CSc1ccc(C)c(C(=O)Nc2ccccc2OCCn2ccnc2)c1. The molecule has 6 heteroatoms. The molecule has 0 aliphatic rings. The highest BCUT2D eigenvalue weighted by Crippen LogP contribution is 2.26. The number of imidazole rings is 1. The standard InChI is InChI=1S/C20H21N3O2S/c1-15-7-8-16(26-2)13-17(15)20(24)22-18-5-3-4-6-19(18)25-12-11-23-10-9-21-14-23/h3-10,13-14H,11-12H2,1-2H3,(H,22,24). The Balaban J connectivity index is 1.70. The number of hydrogen-bond acceptors (Lipinski definition) is 4. The van der Waals surface area contributed by atoms with Crippen LogP contribution in [0.4, 0.5) is 5.69 Å². The Morgan fingerprint density at radius 2 is 2.12 bits per heavy atom. The molecule has 2 aromatic carbocycles. The van der Waals surface area contributed by atoms with Crippen molar-refractivity contribution < 1.29 is 9.53 Å². The molecule has 0 aliphatic heterocycles. The van der Waals surface area contributed by atoms with Crippen LogP contribution in [0.5, 0.6) is 5.75 Å². The molecule has 1 N–H and O–H groups in total. The molecule has 3 rings (SSSR count). The summed E-state index contributed by atoms with van der Waals surface area (Å²) in [6.45, 7) is 3.12. The second-order valence-electron chi connectivity index (χ2n) is 5.78. The van der Waals surface area contributed by atoms with E-state index in [9.17, 15) is 4.79 Å². The van der Waals surface area contributed by atoms with E-state index < -0.39 is 0 Å². The van der Waals surface area contributed by atoms with Gasteiger partial charge >= 0.3 is 0 Å². The van der Waals surface area contributed by atoms with Gasteiger partial charge in [-0.25, -0.2) is 4.98 Å². The van der Waals surface area contributed by atoms with Crippen LogP contribution in [0.15, 0.2) is 66.1 Å². The van der Waals surface area contributed by atoms with Crippen LogP contribution in [0.3, 0.4) is 0 Å². The lowest BCUT2D eigenvalue weighted by Gasteiger charge is -2.14. The van der Waals surface area contributed by atoms with Crippen LogP contribution in [0.25, 0.3) is 0 Å². The third-order valence-corrected chi connectivity index (χ3v) is 4.72. The highest BCUT2D eigenvalue weighted by Gasteiger charge is 2.13. The molecule has 0 saturated heterocycles. The van der Waals surface area contributed by atoms with Crippen LogP contribution in [-0.4, -0.2) is 28.3 Å². The van der Waals surface area contributed by atoms with Gasteiger partial charge in [-0.05, 0) is 43.0 Å². The molecule has 0 atom stereocenters. The number of carbonyl (C=O) groups is 1. The molecule has 1 aromatic heterocycles. The van der Waals surface area contributed by atoms with Gasteiger partial charge in [0.15, 0.2) is 0 Å².